The molecule has 2 heterocycles. The topological polar surface area (TPSA) is 55.3 Å². The molecule has 1 amide bonds. The van der Waals surface area contributed by atoms with Gasteiger partial charge in [0.1, 0.15) is 0 Å². The zero-order valence-corrected chi connectivity index (χ0v) is 11.0. The Hall–Kier alpha value is -2.27. The van der Waals surface area contributed by atoms with Gasteiger partial charge in [0.2, 0.25) is 0 Å². The maximum atomic E-state index is 12.2. The molecule has 1 aliphatic rings. The fourth-order valence-electron chi connectivity index (χ4n) is 2.12. The number of ether oxygens (including phenoxy) is 1. The molecule has 0 spiro atoms. The maximum Gasteiger partial charge on any atom is 0.257 e. The molecule has 0 bridgehead atoms. The Kier molecular flexibility index (Phi) is 3.69. The molecule has 0 radical (unpaired) electrons. The number of hydrogen-bond donors (Lipinski definition) is 0. The van der Waals surface area contributed by atoms with Crippen LogP contribution in [-0.2, 0) is 4.74 Å². The van der Waals surface area contributed by atoms with E-state index in [2.05, 4.69) is 9.97 Å². The summed E-state index contributed by atoms with van der Waals surface area (Å²) in [7, 11) is 0. The van der Waals surface area contributed by atoms with E-state index in [1.807, 2.05) is 30.3 Å². The van der Waals surface area contributed by atoms with E-state index in [-0.39, 0.29) is 5.91 Å². The molecule has 5 nitrogen and oxygen atoms in total. The van der Waals surface area contributed by atoms with Crippen molar-refractivity contribution >= 4 is 5.91 Å². The van der Waals surface area contributed by atoms with Crippen LogP contribution in [0.3, 0.4) is 0 Å². The van der Waals surface area contributed by atoms with Gasteiger partial charge in [0, 0.05) is 31.0 Å². The Bertz CT molecular complexity index is 578. The highest BCUT2D eigenvalue weighted by Gasteiger charge is 2.19. The number of morpholine rings is 1. The van der Waals surface area contributed by atoms with E-state index in [9.17, 15) is 4.79 Å². The van der Waals surface area contributed by atoms with E-state index >= 15 is 0 Å². The highest BCUT2D eigenvalue weighted by molar-refractivity contribution is 5.93. The first-order chi connectivity index (χ1) is 9.84. The Balaban J connectivity index is 1.77. The van der Waals surface area contributed by atoms with E-state index in [1.165, 1.54) is 0 Å². The average molecular weight is 269 g/mol. The van der Waals surface area contributed by atoms with Crippen molar-refractivity contribution in [3.63, 3.8) is 0 Å². The Labute approximate surface area is 117 Å². The van der Waals surface area contributed by atoms with Crippen molar-refractivity contribution in [1.82, 2.24) is 14.9 Å². The van der Waals surface area contributed by atoms with Gasteiger partial charge in [-0.3, -0.25) is 4.79 Å². The molecule has 2 aromatic rings. The molecular formula is C15H15N3O2. The number of nitrogens with zero attached hydrogens (tertiary/aromatic N) is 3. The molecule has 1 aliphatic heterocycles. The minimum atomic E-state index is -0.0343. The number of benzene rings is 1. The second-order valence-electron chi connectivity index (χ2n) is 4.57. The second-order valence-corrected chi connectivity index (χ2v) is 4.57. The van der Waals surface area contributed by atoms with Crippen LogP contribution in [0, 0.1) is 0 Å². The summed E-state index contributed by atoms with van der Waals surface area (Å²) in [6.07, 6.45) is 3.18. The highest BCUT2D eigenvalue weighted by atomic mass is 16.5. The number of aromatic nitrogens is 2. The summed E-state index contributed by atoms with van der Waals surface area (Å²) in [5, 5.41) is 0. The van der Waals surface area contributed by atoms with Crippen molar-refractivity contribution in [2.75, 3.05) is 26.3 Å². The fourth-order valence-corrected chi connectivity index (χ4v) is 2.12. The summed E-state index contributed by atoms with van der Waals surface area (Å²) in [5.41, 5.74) is 1.46. The minimum absolute atomic E-state index is 0.0343. The zero-order chi connectivity index (χ0) is 13.8. The first-order valence-electron chi connectivity index (χ1n) is 6.59. The third-order valence-electron chi connectivity index (χ3n) is 3.23. The fraction of sp³-hybridized carbons (Fsp3) is 0.267. The van der Waals surface area contributed by atoms with Crippen LogP contribution in [0.5, 0.6) is 0 Å². The molecule has 3 rings (SSSR count). The van der Waals surface area contributed by atoms with E-state index in [0.29, 0.717) is 37.7 Å². The Morgan fingerprint density at radius 2 is 1.70 bits per heavy atom. The molecule has 1 aromatic heterocycles. The van der Waals surface area contributed by atoms with Gasteiger partial charge < -0.3 is 9.64 Å². The quantitative estimate of drug-likeness (QED) is 0.831. The first kappa shape index (κ1) is 12.7. The van der Waals surface area contributed by atoms with Crippen LogP contribution in [0.2, 0.25) is 0 Å². The Morgan fingerprint density at radius 1 is 1.05 bits per heavy atom. The lowest BCUT2D eigenvalue weighted by Crippen LogP contribution is -2.40. The lowest BCUT2D eigenvalue weighted by molar-refractivity contribution is 0.0302. The van der Waals surface area contributed by atoms with Gasteiger partial charge in [0.25, 0.3) is 5.91 Å². The molecule has 1 aromatic carbocycles. The second kappa shape index (κ2) is 5.79. The molecule has 102 valence electrons. The number of amides is 1. The molecule has 1 saturated heterocycles. The molecule has 5 heteroatoms. The van der Waals surface area contributed by atoms with Crippen LogP contribution in [0.4, 0.5) is 0 Å². The highest BCUT2D eigenvalue weighted by Crippen LogP contribution is 2.14. The molecule has 1 fully saturated rings. The minimum Gasteiger partial charge on any atom is -0.378 e. The van der Waals surface area contributed by atoms with Gasteiger partial charge in [0.15, 0.2) is 5.82 Å². The van der Waals surface area contributed by atoms with Crippen LogP contribution in [0.15, 0.2) is 42.7 Å². The van der Waals surface area contributed by atoms with Gasteiger partial charge in [-0.2, -0.15) is 0 Å². The molecule has 20 heavy (non-hydrogen) atoms. The van der Waals surface area contributed by atoms with Crippen molar-refractivity contribution in [3.8, 4) is 11.4 Å². The molecule has 0 atom stereocenters. The number of carbonyl (C=O) groups is 1. The maximum absolute atomic E-state index is 12.2. The van der Waals surface area contributed by atoms with Gasteiger partial charge in [-0.15, -0.1) is 0 Å². The van der Waals surface area contributed by atoms with Crippen molar-refractivity contribution < 1.29 is 9.53 Å². The summed E-state index contributed by atoms with van der Waals surface area (Å²) in [5.74, 6) is 0.594. The Morgan fingerprint density at radius 3 is 2.35 bits per heavy atom. The monoisotopic (exact) mass is 269 g/mol. The van der Waals surface area contributed by atoms with Gasteiger partial charge >= 0.3 is 0 Å². The van der Waals surface area contributed by atoms with Crippen molar-refractivity contribution in [3.05, 3.63) is 48.3 Å². The largest absolute Gasteiger partial charge is 0.378 e. The predicted octanol–water partition coefficient (Wildman–Crippen LogP) is 1.62. The molecule has 0 saturated carbocycles. The van der Waals surface area contributed by atoms with Crippen LogP contribution in [0.1, 0.15) is 10.4 Å². The van der Waals surface area contributed by atoms with Crippen LogP contribution >= 0.6 is 0 Å². The number of hydrogen-bond acceptors (Lipinski definition) is 4. The van der Waals surface area contributed by atoms with Crippen LogP contribution < -0.4 is 0 Å². The van der Waals surface area contributed by atoms with E-state index in [0.717, 1.165) is 5.56 Å². The molecule has 0 aliphatic carbocycles. The predicted molar refractivity (Wildman–Crippen MR) is 74.2 cm³/mol. The first-order valence-corrected chi connectivity index (χ1v) is 6.59. The molecule has 0 unspecified atom stereocenters. The number of rotatable bonds is 2. The lowest BCUT2D eigenvalue weighted by atomic mass is 10.2. The third kappa shape index (κ3) is 2.67. The SMILES string of the molecule is O=C(c1cnc(-c2ccccc2)nc1)N1CCOCC1. The van der Waals surface area contributed by atoms with E-state index in [4.69, 9.17) is 4.74 Å². The van der Waals surface area contributed by atoms with E-state index in [1.54, 1.807) is 17.3 Å². The van der Waals surface area contributed by atoms with Crippen LogP contribution in [0.25, 0.3) is 11.4 Å². The lowest BCUT2D eigenvalue weighted by Gasteiger charge is -2.26. The average Bonchev–Trinajstić information content (AvgIpc) is 2.56. The smallest absolute Gasteiger partial charge is 0.257 e. The van der Waals surface area contributed by atoms with Crippen LogP contribution in [-0.4, -0.2) is 47.1 Å². The van der Waals surface area contributed by atoms with Crippen molar-refractivity contribution in [2.45, 2.75) is 0 Å². The zero-order valence-electron chi connectivity index (χ0n) is 11.0. The third-order valence-corrected chi connectivity index (χ3v) is 3.23. The summed E-state index contributed by atoms with van der Waals surface area (Å²) in [6.45, 7) is 2.43. The standard InChI is InChI=1S/C15H15N3O2/c19-15(18-6-8-20-9-7-18)13-10-16-14(17-11-13)12-4-2-1-3-5-12/h1-5,10-11H,6-9H2. The van der Waals surface area contributed by atoms with Crippen molar-refractivity contribution in [2.24, 2.45) is 0 Å². The van der Waals surface area contributed by atoms with Gasteiger partial charge in [-0.05, 0) is 0 Å². The summed E-state index contributed by atoms with van der Waals surface area (Å²) >= 11 is 0. The van der Waals surface area contributed by atoms with Gasteiger partial charge in [0.05, 0.1) is 18.8 Å². The summed E-state index contributed by atoms with van der Waals surface area (Å²) < 4.78 is 5.24. The normalized spacial score (nSPS) is 15.1. The number of carbonyl (C=O) groups excluding carboxylic acids is 1. The molecule has 0 N–H and O–H groups in total. The summed E-state index contributed by atoms with van der Waals surface area (Å²) in [4.78, 5) is 22.6. The van der Waals surface area contributed by atoms with Gasteiger partial charge in [-0.1, -0.05) is 30.3 Å². The molecular weight excluding hydrogens is 254 g/mol. The summed E-state index contributed by atoms with van der Waals surface area (Å²) in [6, 6.07) is 9.70. The van der Waals surface area contributed by atoms with E-state index < -0.39 is 0 Å². The van der Waals surface area contributed by atoms with Gasteiger partial charge in [-0.25, -0.2) is 9.97 Å². The van der Waals surface area contributed by atoms with Crippen molar-refractivity contribution in [1.29, 1.82) is 0 Å².